The summed E-state index contributed by atoms with van der Waals surface area (Å²) < 4.78 is 0. The molecule has 3 rings (SSSR count). The minimum atomic E-state index is 0.488. The van der Waals surface area contributed by atoms with Crippen LogP contribution >= 0.6 is 0 Å². The highest BCUT2D eigenvalue weighted by atomic mass is 15.2. The summed E-state index contributed by atoms with van der Waals surface area (Å²) in [4.78, 5) is 2.50. The van der Waals surface area contributed by atoms with Crippen molar-refractivity contribution in [2.75, 3.05) is 4.90 Å². The van der Waals surface area contributed by atoms with E-state index in [0.29, 0.717) is 12.1 Å². The van der Waals surface area contributed by atoms with Crippen LogP contribution in [0.25, 0.3) is 21.5 Å². The fourth-order valence-electron chi connectivity index (χ4n) is 3.33. The number of fused-ring (bicyclic) bond motifs is 2. The van der Waals surface area contributed by atoms with Gasteiger partial charge in [0.2, 0.25) is 0 Å². The maximum atomic E-state index is 2.50. The van der Waals surface area contributed by atoms with E-state index in [4.69, 9.17) is 0 Å². The Bertz CT molecular complexity index is 763. The van der Waals surface area contributed by atoms with Gasteiger partial charge in [0.25, 0.3) is 0 Å². The normalized spacial score (nSPS) is 11.7. The van der Waals surface area contributed by atoms with Gasteiger partial charge in [-0.3, -0.25) is 0 Å². The van der Waals surface area contributed by atoms with E-state index in [0.717, 1.165) is 0 Å². The van der Waals surface area contributed by atoms with Crippen molar-refractivity contribution in [3.8, 4) is 0 Å². The smallest absolute Gasteiger partial charge is 0.0450 e. The first kappa shape index (κ1) is 13.9. The molecule has 0 aliphatic carbocycles. The maximum absolute atomic E-state index is 2.50. The SMILES string of the molecule is CC(C)N(c1cccc2cc3ccccc3cc12)C(C)C. The van der Waals surface area contributed by atoms with E-state index in [1.807, 2.05) is 0 Å². The molecule has 0 bridgehead atoms. The van der Waals surface area contributed by atoms with Crippen LogP contribution in [0.4, 0.5) is 5.69 Å². The largest absolute Gasteiger partial charge is 0.366 e. The average Bonchev–Trinajstić information content (AvgIpc) is 2.45. The summed E-state index contributed by atoms with van der Waals surface area (Å²) in [5.74, 6) is 0. The van der Waals surface area contributed by atoms with Gasteiger partial charge in [-0.2, -0.15) is 0 Å². The lowest BCUT2D eigenvalue weighted by atomic mass is 10.0. The molecule has 0 N–H and O–H groups in total. The minimum absolute atomic E-state index is 0.488. The molecular formula is C20H23N. The van der Waals surface area contributed by atoms with E-state index in [9.17, 15) is 0 Å². The summed E-state index contributed by atoms with van der Waals surface area (Å²) >= 11 is 0. The minimum Gasteiger partial charge on any atom is -0.366 e. The van der Waals surface area contributed by atoms with Crippen molar-refractivity contribution in [3.05, 3.63) is 54.6 Å². The second kappa shape index (κ2) is 5.40. The highest BCUT2D eigenvalue weighted by Gasteiger charge is 2.16. The fraction of sp³-hybridized carbons (Fsp3) is 0.300. The van der Waals surface area contributed by atoms with Gasteiger partial charge < -0.3 is 4.90 Å². The number of benzene rings is 3. The fourth-order valence-corrected chi connectivity index (χ4v) is 3.33. The van der Waals surface area contributed by atoms with Crippen molar-refractivity contribution in [1.82, 2.24) is 0 Å². The van der Waals surface area contributed by atoms with Crippen LogP contribution in [0.1, 0.15) is 27.7 Å². The summed E-state index contributed by atoms with van der Waals surface area (Å²) in [6.45, 7) is 9.06. The lowest BCUT2D eigenvalue weighted by Crippen LogP contribution is -2.37. The molecule has 0 radical (unpaired) electrons. The summed E-state index contributed by atoms with van der Waals surface area (Å²) in [5.41, 5.74) is 1.34. The van der Waals surface area contributed by atoms with Gasteiger partial charge in [0.1, 0.15) is 0 Å². The predicted octanol–water partition coefficient (Wildman–Crippen LogP) is 5.62. The van der Waals surface area contributed by atoms with Crippen LogP contribution in [0, 0.1) is 0 Å². The van der Waals surface area contributed by atoms with Crippen molar-refractivity contribution in [2.24, 2.45) is 0 Å². The molecule has 0 atom stereocenters. The Kier molecular flexibility index (Phi) is 3.59. The van der Waals surface area contributed by atoms with Crippen molar-refractivity contribution in [2.45, 2.75) is 39.8 Å². The molecule has 0 spiro atoms. The van der Waals surface area contributed by atoms with Crippen LogP contribution < -0.4 is 4.90 Å². The molecule has 3 aromatic carbocycles. The van der Waals surface area contributed by atoms with E-state index >= 15 is 0 Å². The first-order valence-corrected chi connectivity index (χ1v) is 7.78. The highest BCUT2D eigenvalue weighted by molar-refractivity contribution is 6.04. The molecule has 0 fully saturated rings. The lowest BCUT2D eigenvalue weighted by molar-refractivity contribution is 0.610. The number of hydrogen-bond donors (Lipinski definition) is 0. The third-order valence-electron chi connectivity index (χ3n) is 4.11. The molecule has 0 aliphatic heterocycles. The Morgan fingerprint density at radius 1 is 0.667 bits per heavy atom. The molecule has 3 aromatic rings. The van der Waals surface area contributed by atoms with Gasteiger partial charge in [0, 0.05) is 23.2 Å². The van der Waals surface area contributed by atoms with Gasteiger partial charge in [0.15, 0.2) is 0 Å². The zero-order valence-electron chi connectivity index (χ0n) is 13.3. The molecule has 1 heteroatoms. The Balaban J connectivity index is 2.30. The van der Waals surface area contributed by atoms with Crippen molar-refractivity contribution in [1.29, 1.82) is 0 Å². The Labute approximate surface area is 127 Å². The molecule has 0 saturated carbocycles. The monoisotopic (exact) mass is 277 g/mol. The molecule has 21 heavy (non-hydrogen) atoms. The van der Waals surface area contributed by atoms with Gasteiger partial charge in [-0.15, -0.1) is 0 Å². The molecule has 1 nitrogen and oxygen atoms in total. The van der Waals surface area contributed by atoms with Gasteiger partial charge in [-0.25, -0.2) is 0 Å². The standard InChI is InChI=1S/C20H23N/c1-14(2)21(15(3)4)20-11-7-10-18-12-16-8-5-6-9-17(16)13-19(18)20/h5-15H,1-4H3. The Hall–Kier alpha value is -2.02. The third kappa shape index (κ3) is 2.49. The van der Waals surface area contributed by atoms with Crippen molar-refractivity contribution in [3.63, 3.8) is 0 Å². The zero-order chi connectivity index (χ0) is 15.0. The number of rotatable bonds is 3. The van der Waals surface area contributed by atoms with E-state index < -0.39 is 0 Å². The van der Waals surface area contributed by atoms with Crippen LogP contribution in [-0.2, 0) is 0 Å². The molecule has 108 valence electrons. The maximum Gasteiger partial charge on any atom is 0.0450 e. The van der Waals surface area contributed by atoms with Crippen LogP contribution in [0.3, 0.4) is 0 Å². The van der Waals surface area contributed by atoms with Gasteiger partial charge in [0.05, 0.1) is 0 Å². The number of nitrogens with zero attached hydrogens (tertiary/aromatic N) is 1. The third-order valence-corrected chi connectivity index (χ3v) is 4.11. The molecule has 0 saturated heterocycles. The van der Waals surface area contributed by atoms with E-state index in [2.05, 4.69) is 87.2 Å². The quantitative estimate of drug-likeness (QED) is 0.562. The number of anilines is 1. The van der Waals surface area contributed by atoms with Crippen LogP contribution in [0.2, 0.25) is 0 Å². The Morgan fingerprint density at radius 3 is 1.86 bits per heavy atom. The first-order valence-electron chi connectivity index (χ1n) is 7.78. The summed E-state index contributed by atoms with van der Waals surface area (Å²) in [7, 11) is 0. The van der Waals surface area contributed by atoms with E-state index in [1.54, 1.807) is 0 Å². The average molecular weight is 277 g/mol. The van der Waals surface area contributed by atoms with Crippen LogP contribution in [-0.4, -0.2) is 12.1 Å². The predicted molar refractivity (Wildman–Crippen MR) is 94.2 cm³/mol. The van der Waals surface area contributed by atoms with Gasteiger partial charge in [-0.1, -0.05) is 36.4 Å². The van der Waals surface area contributed by atoms with Gasteiger partial charge in [-0.05, 0) is 62.1 Å². The lowest BCUT2D eigenvalue weighted by Gasteiger charge is -2.34. The molecule has 0 aliphatic rings. The highest BCUT2D eigenvalue weighted by Crippen LogP contribution is 2.32. The van der Waals surface area contributed by atoms with Crippen molar-refractivity contribution >= 4 is 27.2 Å². The second-order valence-electron chi connectivity index (χ2n) is 6.29. The molecule has 0 unspecified atom stereocenters. The van der Waals surface area contributed by atoms with Crippen LogP contribution in [0.15, 0.2) is 54.6 Å². The number of hydrogen-bond acceptors (Lipinski definition) is 1. The summed E-state index contributed by atoms with van der Waals surface area (Å²) in [5, 5.41) is 5.28. The summed E-state index contributed by atoms with van der Waals surface area (Å²) in [6, 6.07) is 20.8. The zero-order valence-corrected chi connectivity index (χ0v) is 13.3. The van der Waals surface area contributed by atoms with E-state index in [1.165, 1.54) is 27.2 Å². The van der Waals surface area contributed by atoms with Crippen LogP contribution in [0.5, 0.6) is 0 Å². The molecule has 0 aromatic heterocycles. The molecule has 0 heterocycles. The first-order chi connectivity index (χ1) is 10.1. The topological polar surface area (TPSA) is 3.24 Å². The summed E-state index contributed by atoms with van der Waals surface area (Å²) in [6.07, 6.45) is 0. The van der Waals surface area contributed by atoms with E-state index in [-0.39, 0.29) is 0 Å². The molecule has 0 amide bonds. The molecular weight excluding hydrogens is 254 g/mol. The second-order valence-corrected chi connectivity index (χ2v) is 6.29. The Morgan fingerprint density at radius 2 is 1.24 bits per heavy atom. The van der Waals surface area contributed by atoms with Crippen molar-refractivity contribution < 1.29 is 0 Å². The van der Waals surface area contributed by atoms with Gasteiger partial charge >= 0.3 is 0 Å².